The molecule has 144 valence electrons. The molecule has 1 fully saturated rings. The zero-order valence-electron chi connectivity index (χ0n) is 15.9. The highest BCUT2D eigenvalue weighted by molar-refractivity contribution is 7.10. The molecule has 1 aromatic carbocycles. The van der Waals surface area contributed by atoms with Crippen molar-refractivity contribution >= 4 is 17.2 Å². The van der Waals surface area contributed by atoms with E-state index in [4.69, 9.17) is 9.47 Å². The smallest absolute Gasteiger partial charge is 0.151 e. The molecule has 0 atom stereocenters. The predicted octanol–water partition coefficient (Wildman–Crippen LogP) is 4.28. The lowest BCUT2D eigenvalue weighted by Gasteiger charge is -2.44. The second-order valence-corrected chi connectivity index (χ2v) is 8.31. The molecule has 6 heteroatoms. The Kier molecular flexibility index (Phi) is 4.53. The summed E-state index contributed by atoms with van der Waals surface area (Å²) in [6.45, 7) is 2.69. The molecule has 0 saturated carbocycles. The number of fused-ring (bicyclic) bond motifs is 2. The third-order valence-corrected chi connectivity index (χ3v) is 6.85. The van der Waals surface area contributed by atoms with E-state index in [-0.39, 0.29) is 5.60 Å². The number of thiophene rings is 1. The molecule has 4 heterocycles. The fourth-order valence-electron chi connectivity index (χ4n) is 4.36. The number of nitrogens with zero attached hydrogens (tertiary/aromatic N) is 3. The van der Waals surface area contributed by atoms with Crippen LogP contribution in [0.2, 0.25) is 0 Å². The molecule has 1 spiro atoms. The van der Waals surface area contributed by atoms with E-state index < -0.39 is 0 Å². The predicted molar refractivity (Wildman–Crippen MR) is 111 cm³/mol. The Balaban J connectivity index is 1.33. The van der Waals surface area contributed by atoms with Crippen LogP contribution in [0.3, 0.4) is 0 Å². The second-order valence-electron chi connectivity index (χ2n) is 7.31. The fraction of sp³-hybridized carbons (Fsp3) is 0.364. The number of para-hydroxylation sites is 1. The zero-order chi connectivity index (χ0) is 19.0. The van der Waals surface area contributed by atoms with Crippen molar-refractivity contribution in [2.45, 2.75) is 24.9 Å². The van der Waals surface area contributed by atoms with Crippen molar-refractivity contribution in [1.29, 1.82) is 0 Å². The third kappa shape index (κ3) is 2.97. The quantitative estimate of drug-likeness (QED) is 0.665. The Morgan fingerprint density at radius 2 is 1.93 bits per heavy atom. The van der Waals surface area contributed by atoms with E-state index in [0.29, 0.717) is 0 Å². The van der Waals surface area contributed by atoms with Crippen LogP contribution in [-0.4, -0.2) is 37.0 Å². The van der Waals surface area contributed by atoms with Crippen LogP contribution in [0, 0.1) is 0 Å². The molecule has 2 aliphatic rings. The minimum atomic E-state index is -0.102. The number of ether oxygens (including phenoxy) is 2. The maximum absolute atomic E-state index is 6.31. The van der Waals surface area contributed by atoms with Crippen LogP contribution in [0.4, 0.5) is 5.82 Å². The van der Waals surface area contributed by atoms with E-state index >= 15 is 0 Å². The van der Waals surface area contributed by atoms with Gasteiger partial charge in [-0.1, -0.05) is 12.1 Å². The molecule has 0 bridgehead atoms. The van der Waals surface area contributed by atoms with Crippen LogP contribution in [-0.2, 0) is 16.8 Å². The molecule has 5 rings (SSSR count). The number of benzene rings is 1. The minimum absolute atomic E-state index is 0.102. The summed E-state index contributed by atoms with van der Waals surface area (Å²) in [4.78, 5) is 3.81. The van der Waals surface area contributed by atoms with E-state index in [1.54, 1.807) is 7.11 Å². The number of methoxy groups -OCH3 is 1. The Morgan fingerprint density at radius 1 is 1.07 bits per heavy atom. The van der Waals surface area contributed by atoms with Crippen LogP contribution < -0.4 is 9.64 Å². The third-order valence-electron chi connectivity index (χ3n) is 5.87. The maximum Gasteiger partial charge on any atom is 0.151 e. The van der Waals surface area contributed by atoms with Crippen molar-refractivity contribution < 1.29 is 9.47 Å². The molecular weight excluding hydrogens is 370 g/mol. The normalized spacial score (nSPS) is 18.1. The first-order chi connectivity index (χ1) is 13.8. The number of piperidine rings is 1. The highest BCUT2D eigenvalue weighted by atomic mass is 32.1. The highest BCUT2D eigenvalue weighted by Crippen LogP contribution is 2.43. The van der Waals surface area contributed by atoms with E-state index in [2.05, 4.69) is 32.6 Å². The Bertz CT molecular complexity index is 962. The van der Waals surface area contributed by atoms with Gasteiger partial charge in [-0.3, -0.25) is 0 Å². The molecule has 2 aliphatic heterocycles. The summed E-state index contributed by atoms with van der Waals surface area (Å²) in [6.07, 6.45) is 3.04. The van der Waals surface area contributed by atoms with Crippen molar-refractivity contribution in [2.75, 3.05) is 31.7 Å². The summed E-state index contributed by atoms with van der Waals surface area (Å²) in [5.74, 6) is 1.74. The van der Waals surface area contributed by atoms with Gasteiger partial charge in [-0.15, -0.1) is 21.5 Å². The molecule has 0 amide bonds. The first-order valence-corrected chi connectivity index (χ1v) is 10.6. The number of rotatable bonds is 3. The molecule has 0 unspecified atom stereocenters. The van der Waals surface area contributed by atoms with Crippen LogP contribution in [0.15, 0.2) is 47.8 Å². The first kappa shape index (κ1) is 17.6. The molecule has 5 nitrogen and oxygen atoms in total. The van der Waals surface area contributed by atoms with Gasteiger partial charge < -0.3 is 14.4 Å². The van der Waals surface area contributed by atoms with Crippen molar-refractivity contribution in [2.24, 2.45) is 0 Å². The van der Waals surface area contributed by atoms with E-state index in [9.17, 15) is 0 Å². The van der Waals surface area contributed by atoms with Gasteiger partial charge >= 0.3 is 0 Å². The Labute approximate surface area is 168 Å². The van der Waals surface area contributed by atoms with Crippen LogP contribution in [0.25, 0.3) is 11.3 Å². The zero-order valence-corrected chi connectivity index (χ0v) is 16.7. The van der Waals surface area contributed by atoms with E-state index in [1.807, 2.05) is 41.7 Å². The van der Waals surface area contributed by atoms with Gasteiger partial charge in [0.15, 0.2) is 5.82 Å². The molecule has 3 aromatic rings. The van der Waals surface area contributed by atoms with E-state index in [1.165, 1.54) is 10.4 Å². The van der Waals surface area contributed by atoms with Crippen LogP contribution >= 0.6 is 11.3 Å². The van der Waals surface area contributed by atoms with Gasteiger partial charge in [0.05, 0.1) is 25.0 Å². The second kappa shape index (κ2) is 7.18. The standard InChI is InChI=1S/C22H23N3O2S/c1-26-19-5-3-2-4-16(19)18-6-7-21(24-23-18)25-12-10-22(11-13-25)17-9-15-28-20(17)8-14-27-22/h2-7,9,15H,8,10-14H2,1H3. The SMILES string of the molecule is COc1ccccc1-c1ccc(N2CCC3(CC2)OCCc2sccc23)nn1. The molecule has 0 aliphatic carbocycles. The number of hydrogen-bond donors (Lipinski definition) is 0. The lowest BCUT2D eigenvalue weighted by atomic mass is 9.82. The van der Waals surface area contributed by atoms with Gasteiger partial charge in [-0.05, 0) is 54.1 Å². The molecule has 1 saturated heterocycles. The van der Waals surface area contributed by atoms with Gasteiger partial charge in [-0.25, -0.2) is 0 Å². The van der Waals surface area contributed by atoms with Gasteiger partial charge in [0.25, 0.3) is 0 Å². The topological polar surface area (TPSA) is 47.5 Å². The first-order valence-electron chi connectivity index (χ1n) is 9.72. The molecule has 0 N–H and O–H groups in total. The Morgan fingerprint density at radius 3 is 2.71 bits per heavy atom. The summed E-state index contributed by atoms with van der Waals surface area (Å²) in [5.41, 5.74) is 3.10. The largest absolute Gasteiger partial charge is 0.496 e. The van der Waals surface area contributed by atoms with Crippen LogP contribution in [0.5, 0.6) is 5.75 Å². The van der Waals surface area contributed by atoms with E-state index in [0.717, 1.165) is 61.8 Å². The van der Waals surface area contributed by atoms with Gasteiger partial charge in [0, 0.05) is 30.0 Å². The number of hydrogen-bond acceptors (Lipinski definition) is 6. The number of anilines is 1. The molecule has 28 heavy (non-hydrogen) atoms. The monoisotopic (exact) mass is 393 g/mol. The summed E-state index contributed by atoms with van der Waals surface area (Å²) < 4.78 is 11.7. The summed E-state index contributed by atoms with van der Waals surface area (Å²) in [5, 5.41) is 11.2. The summed E-state index contributed by atoms with van der Waals surface area (Å²) >= 11 is 1.87. The highest BCUT2D eigenvalue weighted by Gasteiger charge is 2.41. The van der Waals surface area contributed by atoms with Crippen molar-refractivity contribution in [1.82, 2.24) is 10.2 Å². The van der Waals surface area contributed by atoms with Crippen molar-refractivity contribution in [3.63, 3.8) is 0 Å². The average molecular weight is 394 g/mol. The summed E-state index contributed by atoms with van der Waals surface area (Å²) in [6, 6.07) is 14.2. The average Bonchev–Trinajstić information content (AvgIpc) is 3.25. The molecule has 0 radical (unpaired) electrons. The molecule has 2 aromatic heterocycles. The van der Waals surface area contributed by atoms with Crippen molar-refractivity contribution in [3.05, 3.63) is 58.3 Å². The minimum Gasteiger partial charge on any atom is -0.496 e. The van der Waals surface area contributed by atoms with Gasteiger partial charge in [0.1, 0.15) is 5.75 Å². The van der Waals surface area contributed by atoms with Gasteiger partial charge in [-0.2, -0.15) is 0 Å². The van der Waals surface area contributed by atoms with Gasteiger partial charge in [0.2, 0.25) is 0 Å². The number of aromatic nitrogens is 2. The maximum atomic E-state index is 6.31. The summed E-state index contributed by atoms with van der Waals surface area (Å²) in [7, 11) is 1.68. The Hall–Kier alpha value is -2.44. The lowest BCUT2D eigenvalue weighted by molar-refractivity contribution is -0.0757. The van der Waals surface area contributed by atoms with Crippen molar-refractivity contribution in [3.8, 4) is 17.0 Å². The van der Waals surface area contributed by atoms with Crippen LogP contribution in [0.1, 0.15) is 23.3 Å². The molecular formula is C22H23N3O2S. The lowest BCUT2D eigenvalue weighted by Crippen LogP contribution is -2.46. The fourth-order valence-corrected chi connectivity index (χ4v) is 5.31.